The first-order chi connectivity index (χ1) is 9.15. The van der Waals surface area contributed by atoms with Crippen LogP contribution < -0.4 is 11.1 Å². The number of nitrogens with two attached hydrogens (primary N) is 1. The molecule has 0 spiro atoms. The second kappa shape index (κ2) is 6.63. The van der Waals surface area contributed by atoms with Gasteiger partial charge in [-0.1, -0.05) is 12.1 Å². The van der Waals surface area contributed by atoms with Crippen molar-refractivity contribution >= 4 is 11.6 Å². The number of anilines is 1. The summed E-state index contributed by atoms with van der Waals surface area (Å²) in [5.74, 6) is -0.556. The van der Waals surface area contributed by atoms with Crippen molar-refractivity contribution in [3.8, 4) is 0 Å². The number of carbonyl (C=O) groups excluding carboxylic acids is 1. The van der Waals surface area contributed by atoms with Crippen LogP contribution in [0.5, 0.6) is 0 Å². The van der Waals surface area contributed by atoms with Crippen molar-refractivity contribution in [3.63, 3.8) is 0 Å². The average molecular weight is 265 g/mol. The molecule has 1 aliphatic rings. The Kier molecular flexibility index (Phi) is 4.87. The molecule has 1 aromatic rings. The SMILES string of the molecule is NC1CCN(CCC(=O)Nc2ccccc2F)CC1. The fourth-order valence-corrected chi connectivity index (χ4v) is 2.21. The summed E-state index contributed by atoms with van der Waals surface area (Å²) in [6, 6.07) is 6.49. The van der Waals surface area contributed by atoms with E-state index < -0.39 is 5.82 Å². The molecule has 0 aromatic heterocycles. The molecular formula is C14H20FN3O. The molecule has 1 saturated heterocycles. The number of rotatable bonds is 4. The highest BCUT2D eigenvalue weighted by Gasteiger charge is 2.16. The highest BCUT2D eigenvalue weighted by molar-refractivity contribution is 5.90. The molecule has 0 atom stereocenters. The van der Waals surface area contributed by atoms with E-state index in [1.54, 1.807) is 18.2 Å². The Labute approximate surface area is 112 Å². The van der Waals surface area contributed by atoms with Crippen LogP contribution >= 0.6 is 0 Å². The van der Waals surface area contributed by atoms with E-state index in [4.69, 9.17) is 5.73 Å². The second-order valence-electron chi connectivity index (χ2n) is 4.96. The zero-order valence-electron chi connectivity index (χ0n) is 10.9. The van der Waals surface area contributed by atoms with Gasteiger partial charge in [-0.2, -0.15) is 0 Å². The fraction of sp³-hybridized carbons (Fsp3) is 0.500. The van der Waals surface area contributed by atoms with Gasteiger partial charge < -0.3 is 16.0 Å². The summed E-state index contributed by atoms with van der Waals surface area (Å²) in [6.45, 7) is 2.58. The molecule has 0 bridgehead atoms. The normalized spacial score (nSPS) is 17.4. The van der Waals surface area contributed by atoms with Crippen molar-refractivity contribution < 1.29 is 9.18 Å². The summed E-state index contributed by atoms with van der Waals surface area (Å²) < 4.78 is 13.3. The summed E-state index contributed by atoms with van der Waals surface area (Å²) in [6.07, 6.45) is 2.34. The van der Waals surface area contributed by atoms with Gasteiger partial charge in [0.1, 0.15) is 5.82 Å². The number of likely N-dealkylation sites (tertiary alicyclic amines) is 1. The van der Waals surface area contributed by atoms with Gasteiger partial charge in [-0.25, -0.2) is 4.39 Å². The van der Waals surface area contributed by atoms with Crippen molar-refractivity contribution in [1.29, 1.82) is 0 Å². The van der Waals surface area contributed by atoms with Gasteiger partial charge >= 0.3 is 0 Å². The third kappa shape index (κ3) is 4.29. The first-order valence-electron chi connectivity index (χ1n) is 6.67. The highest BCUT2D eigenvalue weighted by Crippen LogP contribution is 2.13. The van der Waals surface area contributed by atoms with Crippen LogP contribution in [0, 0.1) is 5.82 Å². The van der Waals surface area contributed by atoms with Gasteiger partial charge in [0, 0.05) is 19.0 Å². The zero-order chi connectivity index (χ0) is 13.7. The molecule has 0 unspecified atom stereocenters. The molecule has 1 heterocycles. The van der Waals surface area contributed by atoms with Crippen LogP contribution in [0.15, 0.2) is 24.3 Å². The average Bonchev–Trinajstić information content (AvgIpc) is 2.41. The second-order valence-corrected chi connectivity index (χ2v) is 4.96. The lowest BCUT2D eigenvalue weighted by atomic mass is 10.1. The fourth-order valence-electron chi connectivity index (χ4n) is 2.21. The molecule has 2 rings (SSSR count). The van der Waals surface area contributed by atoms with Crippen molar-refractivity contribution in [1.82, 2.24) is 4.90 Å². The minimum atomic E-state index is -0.403. The van der Waals surface area contributed by atoms with E-state index in [0.717, 1.165) is 25.9 Å². The van der Waals surface area contributed by atoms with Crippen LogP contribution in [0.1, 0.15) is 19.3 Å². The lowest BCUT2D eigenvalue weighted by Gasteiger charge is -2.29. The Hall–Kier alpha value is -1.46. The Morgan fingerprint density at radius 1 is 1.37 bits per heavy atom. The number of para-hydroxylation sites is 1. The van der Waals surface area contributed by atoms with Crippen molar-refractivity contribution in [3.05, 3.63) is 30.1 Å². The number of hydrogen-bond acceptors (Lipinski definition) is 3. The Morgan fingerprint density at radius 3 is 2.74 bits per heavy atom. The van der Waals surface area contributed by atoms with Gasteiger partial charge in [0.2, 0.25) is 5.91 Å². The van der Waals surface area contributed by atoms with Crippen LogP contribution in [0.2, 0.25) is 0 Å². The zero-order valence-corrected chi connectivity index (χ0v) is 10.9. The number of hydrogen-bond donors (Lipinski definition) is 2. The first-order valence-corrected chi connectivity index (χ1v) is 6.67. The molecule has 1 amide bonds. The number of piperidine rings is 1. The van der Waals surface area contributed by atoms with Gasteiger partial charge in [0.25, 0.3) is 0 Å². The molecule has 0 aliphatic carbocycles. The van der Waals surface area contributed by atoms with E-state index in [9.17, 15) is 9.18 Å². The topological polar surface area (TPSA) is 58.4 Å². The lowest BCUT2D eigenvalue weighted by Crippen LogP contribution is -2.40. The van der Waals surface area contributed by atoms with Crippen molar-refractivity contribution in [2.45, 2.75) is 25.3 Å². The van der Waals surface area contributed by atoms with Crippen LogP contribution in [0.3, 0.4) is 0 Å². The summed E-state index contributed by atoms with van der Waals surface area (Å²) in [5.41, 5.74) is 6.07. The van der Waals surface area contributed by atoms with Crippen LogP contribution in [-0.4, -0.2) is 36.5 Å². The smallest absolute Gasteiger partial charge is 0.225 e. The minimum Gasteiger partial charge on any atom is -0.328 e. The molecule has 4 nitrogen and oxygen atoms in total. The van der Waals surface area contributed by atoms with Crippen LogP contribution in [0.4, 0.5) is 10.1 Å². The van der Waals surface area contributed by atoms with E-state index in [-0.39, 0.29) is 11.6 Å². The molecule has 0 saturated carbocycles. The molecule has 19 heavy (non-hydrogen) atoms. The third-order valence-corrected chi connectivity index (χ3v) is 3.44. The molecule has 1 fully saturated rings. The summed E-state index contributed by atoms with van der Waals surface area (Å²) in [5, 5.41) is 2.59. The monoisotopic (exact) mass is 265 g/mol. The maximum atomic E-state index is 13.3. The molecule has 104 valence electrons. The number of nitrogens with one attached hydrogen (secondary N) is 1. The molecule has 1 aromatic carbocycles. The van der Waals surface area contributed by atoms with Crippen LogP contribution in [0.25, 0.3) is 0 Å². The van der Waals surface area contributed by atoms with Gasteiger partial charge in [-0.05, 0) is 38.1 Å². The molecule has 1 aliphatic heterocycles. The van der Waals surface area contributed by atoms with Gasteiger partial charge in [0.15, 0.2) is 0 Å². The van der Waals surface area contributed by atoms with E-state index >= 15 is 0 Å². The van der Waals surface area contributed by atoms with Gasteiger partial charge in [-0.15, -0.1) is 0 Å². The number of nitrogens with zero attached hydrogens (tertiary/aromatic N) is 1. The van der Waals surface area contributed by atoms with Crippen molar-refractivity contribution in [2.75, 3.05) is 25.0 Å². The maximum Gasteiger partial charge on any atom is 0.225 e. The Morgan fingerprint density at radius 2 is 2.05 bits per heavy atom. The summed E-state index contributed by atoms with van der Waals surface area (Å²) in [4.78, 5) is 14.0. The standard InChI is InChI=1S/C14H20FN3O/c15-12-3-1-2-4-13(12)17-14(19)7-10-18-8-5-11(16)6-9-18/h1-4,11H,5-10,16H2,(H,17,19). The molecular weight excluding hydrogens is 245 g/mol. The van der Waals surface area contributed by atoms with E-state index in [1.165, 1.54) is 6.07 Å². The molecule has 3 N–H and O–H groups in total. The Bertz CT molecular complexity index is 430. The molecule has 0 radical (unpaired) electrons. The highest BCUT2D eigenvalue weighted by atomic mass is 19.1. The summed E-state index contributed by atoms with van der Waals surface area (Å²) in [7, 11) is 0. The third-order valence-electron chi connectivity index (χ3n) is 3.44. The predicted molar refractivity (Wildman–Crippen MR) is 73.3 cm³/mol. The largest absolute Gasteiger partial charge is 0.328 e. The van der Waals surface area contributed by atoms with Gasteiger partial charge in [-0.3, -0.25) is 4.79 Å². The molecule has 5 heteroatoms. The Balaban J connectivity index is 1.74. The van der Waals surface area contributed by atoms with Crippen molar-refractivity contribution in [2.24, 2.45) is 5.73 Å². The van der Waals surface area contributed by atoms with E-state index in [1.807, 2.05) is 0 Å². The quantitative estimate of drug-likeness (QED) is 0.869. The van der Waals surface area contributed by atoms with Gasteiger partial charge in [0.05, 0.1) is 5.69 Å². The maximum absolute atomic E-state index is 13.3. The minimum absolute atomic E-state index is 0.153. The number of benzene rings is 1. The summed E-state index contributed by atoms with van der Waals surface area (Å²) >= 11 is 0. The van der Waals surface area contributed by atoms with E-state index in [0.29, 0.717) is 19.0 Å². The van der Waals surface area contributed by atoms with E-state index in [2.05, 4.69) is 10.2 Å². The number of carbonyl (C=O) groups is 1. The number of halogens is 1. The lowest BCUT2D eigenvalue weighted by molar-refractivity contribution is -0.116. The first kappa shape index (κ1) is 14.0. The number of amides is 1. The predicted octanol–water partition coefficient (Wildman–Crippen LogP) is 1.58. The van der Waals surface area contributed by atoms with Crippen LogP contribution in [-0.2, 0) is 4.79 Å².